The van der Waals surface area contributed by atoms with Crippen LogP contribution in [0, 0.1) is 0 Å². The fourth-order valence-electron chi connectivity index (χ4n) is 1.96. The third kappa shape index (κ3) is 4.80. The summed E-state index contributed by atoms with van der Waals surface area (Å²) < 4.78 is 9.85. The summed E-state index contributed by atoms with van der Waals surface area (Å²) in [4.78, 5) is 24.6. The Morgan fingerprint density at radius 3 is 2.65 bits per heavy atom. The van der Waals surface area contributed by atoms with Crippen molar-refractivity contribution in [3.63, 3.8) is 0 Å². The molecule has 1 aromatic heterocycles. The van der Waals surface area contributed by atoms with Gasteiger partial charge in [0.05, 0.1) is 0 Å². The van der Waals surface area contributed by atoms with Crippen molar-refractivity contribution in [2.24, 2.45) is 0 Å². The van der Waals surface area contributed by atoms with Gasteiger partial charge in [-0.25, -0.2) is 0 Å². The predicted molar refractivity (Wildman–Crippen MR) is 81.0 cm³/mol. The van der Waals surface area contributed by atoms with Crippen LogP contribution in [-0.2, 0) is 22.7 Å². The van der Waals surface area contributed by atoms with Crippen LogP contribution in [0.15, 0.2) is 34.9 Å². The number of aliphatic carboxylic acids is 1. The van der Waals surface area contributed by atoms with Gasteiger partial charge in [-0.3, -0.25) is 9.59 Å². The molecule has 0 unspecified atom stereocenters. The average Bonchev–Trinajstić information content (AvgIpc) is 2.96. The van der Waals surface area contributed by atoms with Gasteiger partial charge in [-0.2, -0.15) is 0 Å². The summed E-state index contributed by atoms with van der Waals surface area (Å²) in [6.07, 6.45) is 0. The zero-order valence-electron chi connectivity index (χ0n) is 12.4. The highest BCUT2D eigenvalue weighted by atomic mass is 35.5. The van der Waals surface area contributed by atoms with Crippen LogP contribution in [0.25, 0.3) is 0 Å². The van der Waals surface area contributed by atoms with Crippen molar-refractivity contribution in [1.29, 1.82) is 0 Å². The molecule has 122 valence electrons. The van der Waals surface area contributed by atoms with E-state index in [4.69, 9.17) is 26.0 Å². The summed E-state index contributed by atoms with van der Waals surface area (Å²) in [5.74, 6) is -1.26. The van der Waals surface area contributed by atoms with E-state index < -0.39 is 18.4 Å². The summed E-state index contributed by atoms with van der Waals surface area (Å²) in [6, 6.07) is 8.23. The molecule has 0 bridgehead atoms. The fourth-order valence-corrected chi connectivity index (χ4v) is 2.09. The lowest BCUT2D eigenvalue weighted by molar-refractivity contribution is -0.137. The Labute approximate surface area is 137 Å². The molecular formula is C15H15ClN2O5. The van der Waals surface area contributed by atoms with E-state index in [-0.39, 0.29) is 18.8 Å². The quantitative estimate of drug-likeness (QED) is 0.832. The molecule has 2 aromatic rings. The first-order valence-electron chi connectivity index (χ1n) is 6.69. The second-order valence-corrected chi connectivity index (χ2v) is 5.23. The summed E-state index contributed by atoms with van der Waals surface area (Å²) in [5.41, 5.74) is 0.789. The molecule has 0 aliphatic heterocycles. The summed E-state index contributed by atoms with van der Waals surface area (Å²) >= 11 is 5.81. The minimum atomic E-state index is -1.12. The van der Waals surface area contributed by atoms with E-state index >= 15 is 0 Å². The van der Waals surface area contributed by atoms with Crippen LogP contribution in [0.3, 0.4) is 0 Å². The lowest BCUT2D eigenvalue weighted by Crippen LogP contribution is -2.35. The first-order valence-corrected chi connectivity index (χ1v) is 7.07. The van der Waals surface area contributed by atoms with Gasteiger partial charge in [-0.05, 0) is 17.7 Å². The number of amides is 1. The summed E-state index contributed by atoms with van der Waals surface area (Å²) in [7, 11) is 1.49. The van der Waals surface area contributed by atoms with E-state index in [2.05, 4.69) is 5.16 Å². The van der Waals surface area contributed by atoms with Crippen molar-refractivity contribution < 1.29 is 24.0 Å². The molecule has 0 spiro atoms. The van der Waals surface area contributed by atoms with E-state index in [1.54, 1.807) is 24.3 Å². The summed E-state index contributed by atoms with van der Waals surface area (Å²) in [6.45, 7) is -0.154. The fraction of sp³-hybridized carbons (Fsp3) is 0.267. The number of carboxylic acid groups (broad SMARTS) is 1. The molecule has 0 saturated heterocycles. The molecule has 1 N–H and O–H groups in total. The Balaban J connectivity index is 2.17. The first-order chi connectivity index (χ1) is 11.0. The molecule has 0 aliphatic rings. The average molecular weight is 339 g/mol. The molecule has 0 atom stereocenters. The SMILES string of the molecule is COCc1cc(C(=O)N(CC(=O)O)Cc2ccc(Cl)cc2)no1. The Morgan fingerprint density at radius 2 is 2.04 bits per heavy atom. The monoisotopic (exact) mass is 338 g/mol. The van der Waals surface area contributed by atoms with Gasteiger partial charge in [-0.15, -0.1) is 0 Å². The molecule has 1 amide bonds. The van der Waals surface area contributed by atoms with E-state index in [0.29, 0.717) is 10.8 Å². The van der Waals surface area contributed by atoms with Gasteiger partial charge in [0.1, 0.15) is 13.2 Å². The molecule has 7 nitrogen and oxygen atoms in total. The van der Waals surface area contributed by atoms with Crippen molar-refractivity contribution in [3.8, 4) is 0 Å². The van der Waals surface area contributed by atoms with E-state index in [1.807, 2.05) is 0 Å². The van der Waals surface area contributed by atoms with Gasteiger partial charge in [0.15, 0.2) is 11.5 Å². The molecule has 8 heteroatoms. The third-order valence-corrected chi connectivity index (χ3v) is 3.22. The number of ether oxygens (including phenoxy) is 1. The Kier molecular flexibility index (Phi) is 5.72. The summed E-state index contributed by atoms with van der Waals surface area (Å²) in [5, 5.41) is 13.2. The highest BCUT2D eigenvalue weighted by molar-refractivity contribution is 6.30. The van der Waals surface area contributed by atoms with Crippen molar-refractivity contribution in [3.05, 3.63) is 52.4 Å². The van der Waals surface area contributed by atoms with Crippen molar-refractivity contribution in [1.82, 2.24) is 10.1 Å². The van der Waals surface area contributed by atoms with Gasteiger partial charge in [0.2, 0.25) is 0 Å². The van der Waals surface area contributed by atoms with Gasteiger partial charge in [-0.1, -0.05) is 28.9 Å². The lowest BCUT2D eigenvalue weighted by atomic mass is 10.2. The molecule has 0 saturated carbocycles. The zero-order chi connectivity index (χ0) is 16.8. The molecule has 0 fully saturated rings. The smallest absolute Gasteiger partial charge is 0.323 e. The zero-order valence-corrected chi connectivity index (χ0v) is 13.1. The minimum absolute atomic E-state index is 0.0345. The number of carboxylic acids is 1. The van der Waals surface area contributed by atoms with Gasteiger partial charge < -0.3 is 19.3 Å². The topological polar surface area (TPSA) is 92.9 Å². The standard InChI is InChI=1S/C15H15ClN2O5/c1-22-9-12-6-13(17-23-12)15(21)18(8-14(19)20)7-10-2-4-11(16)5-3-10/h2-6H,7-9H2,1H3,(H,19,20). The van der Waals surface area contributed by atoms with Crippen LogP contribution >= 0.6 is 11.6 Å². The lowest BCUT2D eigenvalue weighted by Gasteiger charge is -2.19. The number of aromatic nitrogens is 1. The predicted octanol–water partition coefficient (Wildman–Crippen LogP) is 2.20. The second-order valence-electron chi connectivity index (χ2n) is 4.79. The van der Waals surface area contributed by atoms with E-state index in [9.17, 15) is 9.59 Å². The Bertz CT molecular complexity index is 683. The molecule has 0 aliphatic carbocycles. The number of carbonyl (C=O) groups excluding carboxylic acids is 1. The molecule has 1 heterocycles. The normalized spacial score (nSPS) is 10.5. The van der Waals surface area contributed by atoms with Crippen molar-refractivity contribution in [2.75, 3.05) is 13.7 Å². The van der Waals surface area contributed by atoms with Crippen LogP contribution in [0.5, 0.6) is 0 Å². The number of rotatable bonds is 7. The highest BCUT2D eigenvalue weighted by Gasteiger charge is 2.22. The number of benzene rings is 1. The van der Waals surface area contributed by atoms with Crippen LogP contribution in [-0.4, -0.2) is 40.7 Å². The number of halogens is 1. The highest BCUT2D eigenvalue weighted by Crippen LogP contribution is 2.14. The Morgan fingerprint density at radius 1 is 1.35 bits per heavy atom. The van der Waals surface area contributed by atoms with E-state index in [1.165, 1.54) is 18.1 Å². The molecular weight excluding hydrogens is 324 g/mol. The largest absolute Gasteiger partial charge is 0.480 e. The molecule has 1 aromatic carbocycles. The van der Waals surface area contributed by atoms with Gasteiger partial charge in [0, 0.05) is 24.7 Å². The van der Waals surface area contributed by atoms with Gasteiger partial charge >= 0.3 is 5.97 Å². The number of carbonyl (C=O) groups is 2. The number of nitrogens with zero attached hydrogens (tertiary/aromatic N) is 2. The van der Waals surface area contributed by atoms with Crippen LogP contribution in [0.4, 0.5) is 0 Å². The van der Waals surface area contributed by atoms with Crippen LogP contribution < -0.4 is 0 Å². The number of hydrogen-bond acceptors (Lipinski definition) is 5. The van der Waals surface area contributed by atoms with Crippen molar-refractivity contribution in [2.45, 2.75) is 13.2 Å². The third-order valence-electron chi connectivity index (χ3n) is 2.96. The maximum atomic E-state index is 12.4. The minimum Gasteiger partial charge on any atom is -0.480 e. The maximum Gasteiger partial charge on any atom is 0.323 e. The first kappa shape index (κ1) is 17.0. The molecule has 23 heavy (non-hydrogen) atoms. The Hall–Kier alpha value is -2.38. The van der Waals surface area contributed by atoms with Crippen LogP contribution in [0.1, 0.15) is 21.8 Å². The number of hydrogen-bond donors (Lipinski definition) is 1. The van der Waals surface area contributed by atoms with Gasteiger partial charge in [0.25, 0.3) is 5.91 Å². The maximum absolute atomic E-state index is 12.4. The molecule has 2 rings (SSSR count). The van der Waals surface area contributed by atoms with Crippen LogP contribution in [0.2, 0.25) is 5.02 Å². The number of methoxy groups -OCH3 is 1. The van der Waals surface area contributed by atoms with Crippen molar-refractivity contribution >= 4 is 23.5 Å². The molecule has 0 radical (unpaired) electrons. The second kappa shape index (κ2) is 7.75. The van der Waals surface area contributed by atoms with E-state index in [0.717, 1.165) is 5.56 Å².